The number of nitrogens with zero attached hydrogens (tertiary/aromatic N) is 2. The van der Waals surface area contributed by atoms with Crippen LogP contribution in [0.1, 0.15) is 15.9 Å². The molecule has 4 rings (SSSR count). The van der Waals surface area contributed by atoms with Gasteiger partial charge in [0.1, 0.15) is 12.4 Å². The maximum absolute atomic E-state index is 12.9. The number of para-hydroxylation sites is 1. The average molecular weight is 495 g/mol. The summed E-state index contributed by atoms with van der Waals surface area (Å²) in [6.45, 7) is 0.270. The molecule has 172 valence electrons. The summed E-state index contributed by atoms with van der Waals surface area (Å²) in [6.07, 6.45) is 2.86. The van der Waals surface area contributed by atoms with Gasteiger partial charge in [0.15, 0.2) is 0 Å². The Labute approximate surface area is 201 Å². The lowest BCUT2D eigenvalue weighted by atomic mass is 10.1. The first kappa shape index (κ1) is 23.2. The third-order valence-corrected chi connectivity index (χ3v) is 6.25. The van der Waals surface area contributed by atoms with Crippen molar-refractivity contribution in [2.75, 3.05) is 10.0 Å². The van der Waals surface area contributed by atoms with Crippen LogP contribution in [-0.4, -0.2) is 24.3 Å². The Morgan fingerprint density at radius 3 is 2.26 bits per heavy atom. The lowest BCUT2D eigenvalue weighted by molar-refractivity contribution is 0.102. The van der Waals surface area contributed by atoms with Crippen LogP contribution in [0.2, 0.25) is 5.02 Å². The summed E-state index contributed by atoms with van der Waals surface area (Å²) >= 11 is 5.91. The fourth-order valence-electron chi connectivity index (χ4n) is 2.97. The second kappa shape index (κ2) is 10.3. The monoisotopic (exact) mass is 494 g/mol. The normalized spacial score (nSPS) is 11.0. The van der Waals surface area contributed by atoms with Crippen molar-refractivity contribution in [3.05, 3.63) is 107 Å². The van der Waals surface area contributed by atoms with Crippen LogP contribution in [0.3, 0.4) is 0 Å². The van der Waals surface area contributed by atoms with Crippen molar-refractivity contribution in [1.82, 2.24) is 9.97 Å². The van der Waals surface area contributed by atoms with E-state index in [2.05, 4.69) is 20.0 Å². The minimum Gasteiger partial charge on any atom is -0.488 e. The van der Waals surface area contributed by atoms with Crippen LogP contribution in [0.4, 0.5) is 11.6 Å². The van der Waals surface area contributed by atoms with Crippen LogP contribution in [-0.2, 0) is 16.6 Å². The number of nitrogens with one attached hydrogen (secondary N) is 2. The predicted octanol–water partition coefficient (Wildman–Crippen LogP) is 4.76. The molecule has 10 heteroatoms. The summed E-state index contributed by atoms with van der Waals surface area (Å²) in [7, 11) is -3.87. The molecule has 0 saturated heterocycles. The molecule has 1 amide bonds. The van der Waals surface area contributed by atoms with Crippen molar-refractivity contribution in [2.24, 2.45) is 0 Å². The van der Waals surface area contributed by atoms with Gasteiger partial charge in [-0.25, -0.2) is 23.1 Å². The number of hydrogen-bond acceptors (Lipinski definition) is 6. The number of benzene rings is 3. The van der Waals surface area contributed by atoms with Gasteiger partial charge in [0.25, 0.3) is 15.9 Å². The number of sulfonamides is 1. The van der Waals surface area contributed by atoms with E-state index in [1.807, 2.05) is 12.1 Å². The molecule has 0 spiro atoms. The molecule has 0 aliphatic heterocycles. The first-order valence-electron chi connectivity index (χ1n) is 10.1. The van der Waals surface area contributed by atoms with Crippen molar-refractivity contribution < 1.29 is 17.9 Å². The summed E-state index contributed by atoms with van der Waals surface area (Å²) < 4.78 is 33.1. The third kappa shape index (κ3) is 5.89. The van der Waals surface area contributed by atoms with Crippen molar-refractivity contribution in [3.8, 4) is 5.75 Å². The summed E-state index contributed by atoms with van der Waals surface area (Å²) in [5, 5.41) is 3.39. The molecule has 2 N–H and O–H groups in total. The van der Waals surface area contributed by atoms with Gasteiger partial charge in [-0.1, -0.05) is 35.9 Å². The molecule has 0 atom stereocenters. The van der Waals surface area contributed by atoms with E-state index in [1.54, 1.807) is 42.5 Å². The molecule has 0 aliphatic carbocycles. The Bertz CT molecular complexity index is 1380. The maximum atomic E-state index is 12.9. The van der Waals surface area contributed by atoms with E-state index < -0.39 is 15.9 Å². The first-order valence-corrected chi connectivity index (χ1v) is 11.9. The zero-order chi connectivity index (χ0) is 24.0. The molecule has 1 heterocycles. The molecule has 0 aliphatic rings. The van der Waals surface area contributed by atoms with Crippen LogP contribution in [0.15, 0.2) is 96.2 Å². The number of anilines is 2. The molecule has 3 aromatic carbocycles. The van der Waals surface area contributed by atoms with E-state index in [0.29, 0.717) is 22.0 Å². The largest absolute Gasteiger partial charge is 0.488 e. The van der Waals surface area contributed by atoms with E-state index in [1.165, 1.54) is 36.7 Å². The second-order valence-electron chi connectivity index (χ2n) is 7.07. The van der Waals surface area contributed by atoms with Crippen LogP contribution in [0, 0.1) is 0 Å². The number of carbonyl (C=O) groups excluding carboxylic acids is 1. The minimum absolute atomic E-state index is 0.00431. The number of ether oxygens (including phenoxy) is 1. The van der Waals surface area contributed by atoms with Gasteiger partial charge in [-0.2, -0.15) is 0 Å². The topological polar surface area (TPSA) is 110 Å². The lowest BCUT2D eigenvalue weighted by Crippen LogP contribution is -2.16. The van der Waals surface area contributed by atoms with E-state index in [9.17, 15) is 13.2 Å². The van der Waals surface area contributed by atoms with Gasteiger partial charge in [-0.15, -0.1) is 0 Å². The van der Waals surface area contributed by atoms with Crippen LogP contribution < -0.4 is 14.8 Å². The highest BCUT2D eigenvalue weighted by Crippen LogP contribution is 2.22. The van der Waals surface area contributed by atoms with E-state index >= 15 is 0 Å². The molecule has 0 saturated carbocycles. The molecular formula is C24H19ClN4O4S. The molecule has 0 unspecified atom stereocenters. The Hall–Kier alpha value is -3.95. The number of amides is 1. The maximum Gasteiger partial charge on any atom is 0.264 e. The zero-order valence-corrected chi connectivity index (χ0v) is 19.3. The third-order valence-electron chi connectivity index (χ3n) is 4.65. The van der Waals surface area contributed by atoms with Crippen LogP contribution in [0.5, 0.6) is 5.75 Å². The number of rotatable bonds is 8. The molecule has 0 fully saturated rings. The van der Waals surface area contributed by atoms with Gasteiger partial charge in [-0.05, 0) is 60.2 Å². The SMILES string of the molecule is O=C(Nc1ccc(S(=O)(=O)Nc2ncccn2)cc1)c1ccccc1OCc1ccc(Cl)cc1. The molecule has 34 heavy (non-hydrogen) atoms. The number of halogens is 1. The van der Waals surface area contributed by atoms with Crippen LogP contribution in [0.25, 0.3) is 0 Å². The fraction of sp³-hybridized carbons (Fsp3) is 0.0417. The number of aromatic nitrogens is 2. The molecule has 0 bridgehead atoms. The Morgan fingerprint density at radius 2 is 1.56 bits per heavy atom. The summed E-state index contributed by atoms with van der Waals surface area (Å²) in [5.74, 6) is -0.00517. The minimum atomic E-state index is -3.87. The van der Waals surface area contributed by atoms with Crippen molar-refractivity contribution >= 4 is 39.2 Å². The van der Waals surface area contributed by atoms with Gasteiger partial charge in [0.05, 0.1) is 10.5 Å². The zero-order valence-electron chi connectivity index (χ0n) is 17.7. The van der Waals surface area contributed by atoms with Crippen molar-refractivity contribution in [1.29, 1.82) is 0 Å². The summed E-state index contributed by atoms with van der Waals surface area (Å²) in [4.78, 5) is 20.6. The standard InChI is InChI=1S/C24H19ClN4O4S/c25-18-8-6-17(7-9-18)16-33-22-5-2-1-4-21(22)23(30)28-19-10-12-20(13-11-19)34(31,32)29-24-26-14-3-15-27-24/h1-15H,16H2,(H,28,30)(H,26,27,29). The Morgan fingerprint density at radius 1 is 0.882 bits per heavy atom. The van der Waals surface area contributed by atoms with Gasteiger partial charge < -0.3 is 10.1 Å². The van der Waals surface area contributed by atoms with Gasteiger partial charge >= 0.3 is 0 Å². The van der Waals surface area contributed by atoms with E-state index in [4.69, 9.17) is 16.3 Å². The van der Waals surface area contributed by atoms with Gasteiger partial charge in [0, 0.05) is 23.1 Å². The smallest absolute Gasteiger partial charge is 0.264 e. The van der Waals surface area contributed by atoms with E-state index in [0.717, 1.165) is 5.56 Å². The van der Waals surface area contributed by atoms with Gasteiger partial charge in [-0.3, -0.25) is 4.79 Å². The molecular weight excluding hydrogens is 476 g/mol. The van der Waals surface area contributed by atoms with Crippen molar-refractivity contribution in [3.63, 3.8) is 0 Å². The number of carbonyl (C=O) groups is 1. The highest BCUT2D eigenvalue weighted by Gasteiger charge is 2.17. The fourth-order valence-corrected chi connectivity index (χ4v) is 4.05. The summed E-state index contributed by atoms with van der Waals surface area (Å²) in [6, 6.07) is 21.4. The molecule has 8 nitrogen and oxygen atoms in total. The lowest BCUT2D eigenvalue weighted by Gasteiger charge is -2.12. The quantitative estimate of drug-likeness (QED) is 0.365. The molecule has 1 aromatic heterocycles. The Balaban J connectivity index is 1.43. The van der Waals surface area contributed by atoms with Gasteiger partial charge in [0.2, 0.25) is 5.95 Å². The number of hydrogen-bond donors (Lipinski definition) is 2. The van der Waals surface area contributed by atoms with E-state index in [-0.39, 0.29) is 17.5 Å². The van der Waals surface area contributed by atoms with Crippen LogP contribution >= 0.6 is 11.6 Å². The van der Waals surface area contributed by atoms with Crippen molar-refractivity contribution in [2.45, 2.75) is 11.5 Å². The Kier molecular flexibility index (Phi) is 7.05. The first-order chi connectivity index (χ1) is 16.4. The highest BCUT2D eigenvalue weighted by molar-refractivity contribution is 7.92. The molecule has 0 radical (unpaired) electrons. The molecule has 4 aromatic rings. The highest BCUT2D eigenvalue weighted by atomic mass is 35.5. The second-order valence-corrected chi connectivity index (χ2v) is 9.19. The predicted molar refractivity (Wildman–Crippen MR) is 129 cm³/mol. The summed E-state index contributed by atoms with van der Waals surface area (Å²) in [5.41, 5.74) is 1.68. The average Bonchev–Trinajstić information content (AvgIpc) is 2.84.